The van der Waals surface area contributed by atoms with E-state index < -0.39 is 0 Å². The molecule has 7 heteroatoms. The number of aromatic nitrogens is 6. The van der Waals surface area contributed by atoms with Gasteiger partial charge in [0, 0.05) is 11.3 Å². The molecule has 0 amide bonds. The summed E-state index contributed by atoms with van der Waals surface area (Å²) in [6, 6.07) is 21.8. The lowest BCUT2D eigenvalue weighted by Gasteiger charge is -2.03. The Hall–Kier alpha value is -3.74. The Morgan fingerprint density at radius 1 is 0.840 bits per heavy atom. The van der Waals surface area contributed by atoms with Gasteiger partial charge in [0.2, 0.25) is 5.95 Å². The summed E-state index contributed by atoms with van der Waals surface area (Å²) in [5.74, 6) is 0.534. The second-order valence-corrected chi connectivity index (χ2v) is 5.63. The normalized spacial score (nSPS) is 11.2. The van der Waals surface area contributed by atoms with Crippen LogP contribution in [0.3, 0.4) is 0 Å². The van der Waals surface area contributed by atoms with Crippen molar-refractivity contribution in [1.29, 1.82) is 0 Å². The highest BCUT2D eigenvalue weighted by Crippen LogP contribution is 2.22. The topological polar surface area (TPSA) is 83.8 Å². The Kier molecular flexibility index (Phi) is 2.96. The number of anilines is 2. The lowest BCUT2D eigenvalue weighted by Crippen LogP contribution is -1.95. The largest absolute Gasteiger partial charge is 0.323 e. The van der Waals surface area contributed by atoms with E-state index in [4.69, 9.17) is 0 Å². The molecule has 2 aromatic carbocycles. The van der Waals surface area contributed by atoms with Crippen LogP contribution in [-0.4, -0.2) is 30.0 Å². The van der Waals surface area contributed by atoms with Crippen LogP contribution in [0.25, 0.3) is 27.9 Å². The smallest absolute Gasteiger partial charge is 0.247 e. The van der Waals surface area contributed by atoms with Gasteiger partial charge in [0.15, 0.2) is 5.65 Å². The Labute approximate surface area is 142 Å². The minimum Gasteiger partial charge on any atom is -0.323 e. The van der Waals surface area contributed by atoms with Crippen molar-refractivity contribution in [2.24, 2.45) is 0 Å². The summed E-state index contributed by atoms with van der Waals surface area (Å²) < 4.78 is 1.84. The number of hydrogen-bond donors (Lipinski definition) is 2. The Bertz CT molecular complexity index is 1170. The predicted molar refractivity (Wildman–Crippen MR) is 95.6 cm³/mol. The molecule has 5 rings (SSSR count). The van der Waals surface area contributed by atoms with Crippen LogP contribution in [-0.2, 0) is 0 Å². The molecule has 0 aliphatic rings. The molecular weight excluding hydrogens is 314 g/mol. The summed E-state index contributed by atoms with van der Waals surface area (Å²) in [7, 11) is 0. The number of H-pyrrole nitrogens is 1. The molecule has 0 atom stereocenters. The maximum Gasteiger partial charge on any atom is 0.247 e. The van der Waals surface area contributed by atoms with E-state index >= 15 is 0 Å². The molecule has 0 spiro atoms. The molecule has 0 radical (unpaired) electrons. The van der Waals surface area contributed by atoms with Gasteiger partial charge in [0.25, 0.3) is 0 Å². The Balaban J connectivity index is 1.56. The third kappa shape index (κ3) is 2.38. The molecule has 0 unspecified atom stereocenters. The van der Waals surface area contributed by atoms with Gasteiger partial charge >= 0.3 is 0 Å². The quantitative estimate of drug-likeness (QED) is 0.530. The van der Waals surface area contributed by atoms with E-state index in [1.54, 1.807) is 0 Å². The average molecular weight is 327 g/mol. The van der Waals surface area contributed by atoms with Crippen LogP contribution in [0, 0.1) is 0 Å². The number of fused-ring (bicyclic) bond motifs is 2. The fourth-order valence-corrected chi connectivity index (χ4v) is 2.83. The molecule has 0 bridgehead atoms. The van der Waals surface area contributed by atoms with E-state index in [0.29, 0.717) is 5.95 Å². The fraction of sp³-hybridized carbons (Fsp3) is 0. The first-order valence-corrected chi connectivity index (χ1v) is 7.86. The highest BCUT2D eigenvalue weighted by Gasteiger charge is 2.09. The van der Waals surface area contributed by atoms with Crippen molar-refractivity contribution < 1.29 is 0 Å². The van der Waals surface area contributed by atoms with E-state index in [9.17, 15) is 0 Å². The third-order valence-electron chi connectivity index (χ3n) is 4.00. The number of aromatic amines is 1. The number of hydrogen-bond acceptors (Lipinski definition) is 5. The highest BCUT2D eigenvalue weighted by atomic mass is 15.4. The first kappa shape index (κ1) is 13.7. The number of nitrogens with one attached hydrogen (secondary N) is 2. The average Bonchev–Trinajstić information content (AvgIpc) is 3.27. The molecule has 2 N–H and O–H groups in total. The molecule has 120 valence electrons. The Morgan fingerprint density at radius 2 is 1.72 bits per heavy atom. The van der Waals surface area contributed by atoms with E-state index in [1.807, 2.05) is 59.1 Å². The molecule has 0 aliphatic heterocycles. The van der Waals surface area contributed by atoms with Crippen molar-refractivity contribution in [2.75, 3.05) is 5.32 Å². The van der Waals surface area contributed by atoms with Gasteiger partial charge in [0.1, 0.15) is 11.0 Å². The van der Waals surface area contributed by atoms with Crippen LogP contribution < -0.4 is 5.32 Å². The Morgan fingerprint density at radius 3 is 2.64 bits per heavy atom. The van der Waals surface area contributed by atoms with Gasteiger partial charge in [-0.2, -0.15) is 20.4 Å². The zero-order valence-corrected chi connectivity index (χ0v) is 13.1. The maximum absolute atomic E-state index is 4.60. The molecular formula is C18H13N7. The van der Waals surface area contributed by atoms with Gasteiger partial charge in [-0.15, -0.1) is 5.10 Å². The standard InChI is InChI=1S/C18H13N7/c1-2-5-12(6-3-1)16-7-4-8-17-20-18(23-25(16)17)19-13-9-10-14-15(11-13)22-24-21-14/h1-11H,(H,19,23)(H,21,22,24). The van der Waals surface area contributed by atoms with Crippen molar-refractivity contribution in [2.45, 2.75) is 0 Å². The predicted octanol–water partition coefficient (Wildman–Crippen LogP) is 3.41. The summed E-state index contributed by atoms with van der Waals surface area (Å²) in [4.78, 5) is 4.56. The molecule has 3 aromatic heterocycles. The SMILES string of the molecule is c1ccc(-c2cccc3nc(Nc4ccc5n[nH]nc5c4)nn23)cc1. The molecule has 25 heavy (non-hydrogen) atoms. The van der Waals surface area contributed by atoms with Crippen LogP contribution in [0.4, 0.5) is 11.6 Å². The lowest BCUT2D eigenvalue weighted by atomic mass is 10.1. The van der Waals surface area contributed by atoms with Gasteiger partial charge in [-0.1, -0.05) is 36.4 Å². The summed E-state index contributed by atoms with van der Waals surface area (Å²) in [5, 5.41) is 18.6. The molecule has 0 fully saturated rings. The molecule has 0 aliphatic carbocycles. The first-order valence-electron chi connectivity index (χ1n) is 7.86. The number of nitrogens with zero attached hydrogens (tertiary/aromatic N) is 5. The molecule has 3 heterocycles. The van der Waals surface area contributed by atoms with Crippen molar-refractivity contribution in [3.05, 3.63) is 66.7 Å². The van der Waals surface area contributed by atoms with E-state index in [0.717, 1.165) is 33.6 Å². The van der Waals surface area contributed by atoms with E-state index in [2.05, 4.69) is 42.9 Å². The summed E-state index contributed by atoms with van der Waals surface area (Å²) >= 11 is 0. The first-order chi connectivity index (χ1) is 12.4. The number of pyridine rings is 1. The molecule has 0 saturated heterocycles. The maximum atomic E-state index is 4.60. The number of rotatable bonds is 3. The van der Waals surface area contributed by atoms with Crippen LogP contribution in [0.5, 0.6) is 0 Å². The zero-order chi connectivity index (χ0) is 16.6. The minimum absolute atomic E-state index is 0.534. The highest BCUT2D eigenvalue weighted by molar-refractivity contribution is 5.79. The second-order valence-electron chi connectivity index (χ2n) is 5.63. The summed E-state index contributed by atoms with van der Waals surface area (Å²) in [6.45, 7) is 0. The zero-order valence-electron chi connectivity index (χ0n) is 13.1. The fourth-order valence-electron chi connectivity index (χ4n) is 2.83. The van der Waals surface area contributed by atoms with Gasteiger partial charge in [0.05, 0.1) is 5.69 Å². The van der Waals surface area contributed by atoms with Gasteiger partial charge < -0.3 is 5.32 Å². The molecule has 5 aromatic rings. The molecule has 7 nitrogen and oxygen atoms in total. The van der Waals surface area contributed by atoms with Crippen molar-refractivity contribution in [1.82, 2.24) is 30.0 Å². The third-order valence-corrected chi connectivity index (χ3v) is 4.00. The summed E-state index contributed by atoms with van der Waals surface area (Å²) in [5.41, 5.74) is 5.34. The van der Waals surface area contributed by atoms with Crippen LogP contribution in [0.2, 0.25) is 0 Å². The van der Waals surface area contributed by atoms with Crippen molar-refractivity contribution in [3.63, 3.8) is 0 Å². The van der Waals surface area contributed by atoms with Crippen LogP contribution >= 0.6 is 0 Å². The van der Waals surface area contributed by atoms with Gasteiger partial charge in [-0.05, 0) is 30.3 Å². The monoisotopic (exact) mass is 327 g/mol. The molecule has 0 saturated carbocycles. The van der Waals surface area contributed by atoms with Crippen molar-refractivity contribution >= 4 is 28.3 Å². The lowest BCUT2D eigenvalue weighted by molar-refractivity contribution is 0.959. The van der Waals surface area contributed by atoms with Gasteiger partial charge in [-0.3, -0.25) is 0 Å². The van der Waals surface area contributed by atoms with E-state index in [-0.39, 0.29) is 0 Å². The van der Waals surface area contributed by atoms with Crippen LogP contribution in [0.1, 0.15) is 0 Å². The second kappa shape index (κ2) is 5.41. The van der Waals surface area contributed by atoms with Gasteiger partial charge in [-0.25, -0.2) is 4.52 Å². The number of benzene rings is 2. The summed E-state index contributed by atoms with van der Waals surface area (Å²) in [6.07, 6.45) is 0. The van der Waals surface area contributed by atoms with Crippen LogP contribution in [0.15, 0.2) is 66.7 Å². The van der Waals surface area contributed by atoms with Crippen molar-refractivity contribution in [3.8, 4) is 11.3 Å². The van der Waals surface area contributed by atoms with E-state index in [1.165, 1.54) is 0 Å². The minimum atomic E-state index is 0.534.